The molecule has 0 aromatic carbocycles. The molecule has 0 amide bonds. The fourth-order valence-corrected chi connectivity index (χ4v) is 1.87. The normalized spacial score (nSPS) is 12.8. The molecule has 18 heavy (non-hydrogen) atoms. The molecule has 2 rings (SSSR count). The van der Waals surface area contributed by atoms with Crippen LogP contribution >= 0.6 is 0 Å². The monoisotopic (exact) mass is 249 g/mol. The Morgan fingerprint density at radius 2 is 2.33 bits per heavy atom. The lowest BCUT2D eigenvalue weighted by Crippen LogP contribution is -2.25. The zero-order valence-corrected chi connectivity index (χ0v) is 10.8. The van der Waals surface area contributed by atoms with Gasteiger partial charge in [0.05, 0.1) is 17.9 Å². The van der Waals surface area contributed by atoms with Crippen LogP contribution in [0.25, 0.3) is 0 Å². The lowest BCUT2D eigenvalue weighted by Gasteiger charge is -2.15. The number of aromatic amines is 1. The van der Waals surface area contributed by atoms with Crippen molar-refractivity contribution in [3.8, 4) is 0 Å². The van der Waals surface area contributed by atoms with Crippen molar-refractivity contribution in [2.24, 2.45) is 0 Å². The summed E-state index contributed by atoms with van der Waals surface area (Å²) in [6.45, 7) is 5.97. The zero-order chi connectivity index (χ0) is 12.8. The maximum atomic E-state index is 4.30. The summed E-state index contributed by atoms with van der Waals surface area (Å²) >= 11 is 0. The Morgan fingerprint density at radius 1 is 1.44 bits per heavy atom. The summed E-state index contributed by atoms with van der Waals surface area (Å²) in [5, 5.41) is 18.3. The van der Waals surface area contributed by atoms with Crippen molar-refractivity contribution >= 4 is 0 Å². The van der Waals surface area contributed by atoms with Gasteiger partial charge in [-0.1, -0.05) is 6.92 Å². The minimum absolute atomic E-state index is 0.123. The van der Waals surface area contributed by atoms with Crippen molar-refractivity contribution in [2.45, 2.75) is 39.3 Å². The fourth-order valence-electron chi connectivity index (χ4n) is 1.87. The molecule has 1 unspecified atom stereocenters. The molecule has 0 saturated carbocycles. The first-order valence-electron chi connectivity index (χ1n) is 6.30. The largest absolute Gasteiger partial charge is 0.308 e. The van der Waals surface area contributed by atoms with Gasteiger partial charge in [-0.2, -0.15) is 20.5 Å². The second-order valence-electron chi connectivity index (χ2n) is 4.10. The third-order valence-electron chi connectivity index (χ3n) is 2.81. The molecule has 0 aliphatic rings. The molecule has 0 spiro atoms. The molecule has 0 saturated heterocycles. The minimum Gasteiger partial charge on any atom is -0.308 e. The Bertz CT molecular complexity index is 448. The van der Waals surface area contributed by atoms with Crippen molar-refractivity contribution < 1.29 is 0 Å². The van der Waals surface area contributed by atoms with E-state index in [2.05, 4.69) is 44.7 Å². The molecule has 0 aliphatic heterocycles. The van der Waals surface area contributed by atoms with E-state index in [9.17, 15) is 0 Å². The van der Waals surface area contributed by atoms with Crippen LogP contribution in [0.2, 0.25) is 0 Å². The Hall–Kier alpha value is -1.76. The highest BCUT2D eigenvalue weighted by molar-refractivity contribution is 5.04. The van der Waals surface area contributed by atoms with E-state index in [-0.39, 0.29) is 6.04 Å². The molecule has 7 heteroatoms. The number of nitrogens with one attached hydrogen (secondary N) is 2. The summed E-state index contributed by atoms with van der Waals surface area (Å²) < 4.78 is 1.90. The highest BCUT2D eigenvalue weighted by Crippen LogP contribution is 2.14. The zero-order valence-electron chi connectivity index (χ0n) is 10.8. The van der Waals surface area contributed by atoms with Crippen LogP contribution in [0.3, 0.4) is 0 Å². The Balaban J connectivity index is 2.10. The van der Waals surface area contributed by atoms with E-state index >= 15 is 0 Å². The van der Waals surface area contributed by atoms with Gasteiger partial charge in [0.1, 0.15) is 12.2 Å². The van der Waals surface area contributed by atoms with Crippen LogP contribution in [0.5, 0.6) is 0 Å². The van der Waals surface area contributed by atoms with Crippen LogP contribution in [-0.4, -0.2) is 36.7 Å². The Labute approximate surface area is 106 Å². The molecule has 0 bridgehead atoms. The van der Waals surface area contributed by atoms with Crippen molar-refractivity contribution in [2.75, 3.05) is 6.54 Å². The molecule has 2 aromatic rings. The highest BCUT2D eigenvalue weighted by Gasteiger charge is 2.17. The van der Waals surface area contributed by atoms with Crippen molar-refractivity contribution in [3.63, 3.8) is 0 Å². The molecular formula is C11H19N7. The summed E-state index contributed by atoms with van der Waals surface area (Å²) in [7, 11) is 0. The van der Waals surface area contributed by atoms with Gasteiger partial charge in [0, 0.05) is 13.0 Å². The summed E-state index contributed by atoms with van der Waals surface area (Å²) in [6.07, 6.45) is 5.19. The number of rotatable bonds is 7. The van der Waals surface area contributed by atoms with Crippen LogP contribution in [0.15, 0.2) is 12.5 Å². The molecule has 7 nitrogen and oxygen atoms in total. The second kappa shape index (κ2) is 6.25. The van der Waals surface area contributed by atoms with Crippen molar-refractivity contribution in [1.82, 2.24) is 35.5 Å². The summed E-state index contributed by atoms with van der Waals surface area (Å²) in [5.74, 6) is 0.967. The van der Waals surface area contributed by atoms with E-state index in [1.807, 2.05) is 4.68 Å². The van der Waals surface area contributed by atoms with Gasteiger partial charge in [0.15, 0.2) is 0 Å². The molecule has 2 N–H and O–H groups in total. The number of hydrogen-bond acceptors (Lipinski definition) is 5. The predicted octanol–water partition coefficient (Wildman–Crippen LogP) is 0.699. The molecule has 0 radical (unpaired) electrons. The summed E-state index contributed by atoms with van der Waals surface area (Å²) in [4.78, 5) is 4.30. The van der Waals surface area contributed by atoms with Crippen LogP contribution < -0.4 is 5.32 Å². The number of hydrogen-bond donors (Lipinski definition) is 2. The van der Waals surface area contributed by atoms with E-state index in [1.165, 1.54) is 0 Å². The summed E-state index contributed by atoms with van der Waals surface area (Å²) in [5.41, 5.74) is 0.911. The van der Waals surface area contributed by atoms with Gasteiger partial charge in [-0.3, -0.25) is 4.68 Å². The van der Waals surface area contributed by atoms with Gasteiger partial charge < -0.3 is 5.32 Å². The van der Waals surface area contributed by atoms with E-state index < -0.39 is 0 Å². The lowest BCUT2D eigenvalue weighted by atomic mass is 10.1. The SMILES string of the molecule is CCCNC(Cc1ncnn1CC)c1cn[nH]n1. The first kappa shape index (κ1) is 12.7. The highest BCUT2D eigenvalue weighted by atomic mass is 15.3. The third kappa shape index (κ3) is 2.92. The molecule has 0 fully saturated rings. The van der Waals surface area contributed by atoms with Gasteiger partial charge in [-0.05, 0) is 19.9 Å². The van der Waals surface area contributed by atoms with Crippen LogP contribution in [0, 0.1) is 0 Å². The van der Waals surface area contributed by atoms with Gasteiger partial charge in [0.25, 0.3) is 0 Å². The van der Waals surface area contributed by atoms with Crippen LogP contribution in [-0.2, 0) is 13.0 Å². The summed E-state index contributed by atoms with van der Waals surface area (Å²) in [6, 6.07) is 0.123. The molecule has 1 atom stereocenters. The van der Waals surface area contributed by atoms with E-state index in [1.54, 1.807) is 12.5 Å². The van der Waals surface area contributed by atoms with Gasteiger partial charge in [0.2, 0.25) is 0 Å². The molecule has 2 aromatic heterocycles. The standard InChI is InChI=1S/C11H19N7/c1-3-5-12-9(10-7-14-17-16-10)6-11-13-8-15-18(11)4-2/h7-9,12H,3-6H2,1-2H3,(H,14,16,17). The second-order valence-corrected chi connectivity index (χ2v) is 4.10. The quantitative estimate of drug-likeness (QED) is 0.754. The maximum absolute atomic E-state index is 4.30. The molecule has 98 valence electrons. The maximum Gasteiger partial charge on any atom is 0.138 e. The first-order valence-corrected chi connectivity index (χ1v) is 6.30. The molecular weight excluding hydrogens is 230 g/mol. The van der Waals surface area contributed by atoms with Gasteiger partial charge in [-0.25, -0.2) is 4.98 Å². The molecule has 0 aliphatic carbocycles. The van der Waals surface area contributed by atoms with E-state index in [4.69, 9.17) is 0 Å². The average molecular weight is 249 g/mol. The van der Waals surface area contributed by atoms with Crippen LogP contribution in [0.4, 0.5) is 0 Å². The van der Waals surface area contributed by atoms with Crippen LogP contribution in [0.1, 0.15) is 37.8 Å². The first-order chi connectivity index (χ1) is 8.85. The average Bonchev–Trinajstić information content (AvgIpc) is 3.04. The van der Waals surface area contributed by atoms with E-state index in [0.29, 0.717) is 0 Å². The predicted molar refractivity (Wildman–Crippen MR) is 66.8 cm³/mol. The lowest BCUT2D eigenvalue weighted by molar-refractivity contribution is 0.487. The third-order valence-corrected chi connectivity index (χ3v) is 2.81. The molecule has 2 heterocycles. The Kier molecular flexibility index (Phi) is 4.40. The van der Waals surface area contributed by atoms with Gasteiger partial charge >= 0.3 is 0 Å². The van der Waals surface area contributed by atoms with E-state index in [0.717, 1.165) is 37.4 Å². The number of aryl methyl sites for hydroxylation is 1. The number of nitrogens with zero attached hydrogens (tertiary/aromatic N) is 5. The van der Waals surface area contributed by atoms with Crippen molar-refractivity contribution in [1.29, 1.82) is 0 Å². The Morgan fingerprint density at radius 3 is 3.00 bits per heavy atom. The number of aromatic nitrogens is 6. The van der Waals surface area contributed by atoms with Gasteiger partial charge in [-0.15, -0.1) is 0 Å². The minimum atomic E-state index is 0.123. The van der Waals surface area contributed by atoms with Crippen molar-refractivity contribution in [3.05, 3.63) is 24.0 Å². The topological polar surface area (TPSA) is 84.3 Å². The number of H-pyrrole nitrogens is 1. The fraction of sp³-hybridized carbons (Fsp3) is 0.636. The smallest absolute Gasteiger partial charge is 0.138 e.